The van der Waals surface area contributed by atoms with Crippen molar-refractivity contribution in [1.82, 2.24) is 0 Å². The number of aromatic carboxylic acids is 1. The molecule has 0 fully saturated rings. The highest BCUT2D eigenvalue weighted by Crippen LogP contribution is 2.24. The molecule has 8 heteroatoms. The molecule has 142 valence electrons. The average molecular weight is 417 g/mol. The van der Waals surface area contributed by atoms with Crippen LogP contribution in [-0.4, -0.2) is 17.0 Å². The van der Waals surface area contributed by atoms with Gasteiger partial charge in [-0.15, -0.1) is 0 Å². The Morgan fingerprint density at radius 1 is 0.893 bits per heavy atom. The molecule has 1 amide bonds. The van der Waals surface area contributed by atoms with Crippen LogP contribution in [0.2, 0.25) is 10.0 Å². The van der Waals surface area contributed by atoms with Crippen molar-refractivity contribution < 1.29 is 19.5 Å². The maximum absolute atomic E-state index is 12.7. The maximum Gasteiger partial charge on any atom is 0.335 e. The van der Waals surface area contributed by atoms with Crippen LogP contribution in [0.4, 0.5) is 11.4 Å². The number of hydrogen-bond donors (Lipinski definition) is 3. The standard InChI is InChI=1S/C20H14Cl2N2O4/c21-13-2-1-3-16(10-13)28-24-18-9-6-14(22)11-17(18)19(25)23-15-7-4-12(5-8-15)20(26)27/h1-11,24H,(H,23,25)(H,26,27). The van der Waals surface area contributed by atoms with Crippen LogP contribution in [-0.2, 0) is 0 Å². The third-order valence-electron chi connectivity index (χ3n) is 3.69. The lowest BCUT2D eigenvalue weighted by molar-refractivity contribution is 0.0696. The first kappa shape index (κ1) is 19.5. The van der Waals surface area contributed by atoms with E-state index in [2.05, 4.69) is 10.8 Å². The van der Waals surface area contributed by atoms with Gasteiger partial charge in [-0.2, -0.15) is 0 Å². The Bertz CT molecular complexity index is 1020. The van der Waals surface area contributed by atoms with Gasteiger partial charge in [-0.25, -0.2) is 10.3 Å². The van der Waals surface area contributed by atoms with Crippen LogP contribution in [0.3, 0.4) is 0 Å². The van der Waals surface area contributed by atoms with Crippen LogP contribution >= 0.6 is 23.2 Å². The number of anilines is 2. The number of hydrogen-bond acceptors (Lipinski definition) is 4. The Labute approximate surface area is 170 Å². The summed E-state index contributed by atoms with van der Waals surface area (Å²) in [7, 11) is 0. The lowest BCUT2D eigenvalue weighted by atomic mass is 10.1. The summed E-state index contributed by atoms with van der Waals surface area (Å²) in [6, 6.07) is 17.3. The number of halogens is 2. The van der Waals surface area contributed by atoms with E-state index in [4.69, 9.17) is 33.1 Å². The molecule has 3 rings (SSSR count). The number of amides is 1. The molecule has 0 saturated heterocycles. The molecule has 0 aliphatic carbocycles. The summed E-state index contributed by atoms with van der Waals surface area (Å²) >= 11 is 12.0. The summed E-state index contributed by atoms with van der Waals surface area (Å²) < 4.78 is 0. The molecular weight excluding hydrogens is 403 g/mol. The van der Waals surface area contributed by atoms with E-state index in [-0.39, 0.29) is 11.1 Å². The molecular formula is C20H14Cl2N2O4. The van der Waals surface area contributed by atoms with E-state index < -0.39 is 11.9 Å². The second kappa shape index (κ2) is 8.65. The van der Waals surface area contributed by atoms with Crippen molar-refractivity contribution in [2.45, 2.75) is 0 Å². The molecule has 0 unspecified atom stereocenters. The van der Waals surface area contributed by atoms with Crippen molar-refractivity contribution >= 4 is 46.5 Å². The summed E-state index contributed by atoms with van der Waals surface area (Å²) in [5.74, 6) is -1.02. The molecule has 3 aromatic carbocycles. The third kappa shape index (κ3) is 4.94. The van der Waals surface area contributed by atoms with Gasteiger partial charge in [0.15, 0.2) is 5.75 Å². The first-order chi connectivity index (χ1) is 13.4. The number of carboxylic acids is 1. The fourth-order valence-electron chi connectivity index (χ4n) is 2.33. The topological polar surface area (TPSA) is 87.7 Å². The molecule has 0 radical (unpaired) electrons. The van der Waals surface area contributed by atoms with Gasteiger partial charge >= 0.3 is 5.97 Å². The number of carboxylic acid groups (broad SMARTS) is 1. The molecule has 0 saturated carbocycles. The number of carbonyl (C=O) groups excluding carboxylic acids is 1. The molecule has 3 N–H and O–H groups in total. The molecule has 0 atom stereocenters. The quantitative estimate of drug-likeness (QED) is 0.471. The highest BCUT2D eigenvalue weighted by atomic mass is 35.5. The molecule has 0 aromatic heterocycles. The minimum Gasteiger partial charge on any atom is -0.478 e. The van der Waals surface area contributed by atoms with E-state index in [0.29, 0.717) is 27.2 Å². The lowest BCUT2D eigenvalue weighted by Crippen LogP contribution is -2.16. The summed E-state index contributed by atoms with van der Waals surface area (Å²) in [5.41, 5.74) is 3.92. The number of nitrogens with one attached hydrogen (secondary N) is 2. The Morgan fingerprint density at radius 2 is 1.61 bits per heavy atom. The van der Waals surface area contributed by atoms with Gasteiger partial charge in [-0.3, -0.25) is 4.79 Å². The number of benzene rings is 3. The highest BCUT2D eigenvalue weighted by molar-refractivity contribution is 6.31. The van der Waals surface area contributed by atoms with Gasteiger partial charge < -0.3 is 15.3 Å². The normalized spacial score (nSPS) is 10.2. The Kier molecular flexibility index (Phi) is 6.03. The van der Waals surface area contributed by atoms with Crippen molar-refractivity contribution in [2.24, 2.45) is 0 Å². The van der Waals surface area contributed by atoms with Crippen molar-refractivity contribution in [2.75, 3.05) is 10.8 Å². The lowest BCUT2D eigenvalue weighted by Gasteiger charge is -2.13. The highest BCUT2D eigenvalue weighted by Gasteiger charge is 2.14. The van der Waals surface area contributed by atoms with Gasteiger partial charge in [0.2, 0.25) is 0 Å². The second-order valence-corrected chi connectivity index (χ2v) is 6.56. The van der Waals surface area contributed by atoms with Crippen molar-refractivity contribution in [1.29, 1.82) is 0 Å². The molecule has 6 nitrogen and oxygen atoms in total. The average Bonchev–Trinajstić information content (AvgIpc) is 2.67. The molecule has 0 aliphatic heterocycles. The fourth-order valence-corrected chi connectivity index (χ4v) is 2.68. The first-order valence-electron chi connectivity index (χ1n) is 8.05. The molecule has 0 aliphatic rings. The second-order valence-electron chi connectivity index (χ2n) is 5.69. The summed E-state index contributed by atoms with van der Waals surface area (Å²) in [5, 5.41) is 12.5. The van der Waals surface area contributed by atoms with Crippen LogP contribution in [0.5, 0.6) is 5.75 Å². The number of carbonyl (C=O) groups is 2. The van der Waals surface area contributed by atoms with Gasteiger partial charge in [0.1, 0.15) is 0 Å². The van der Waals surface area contributed by atoms with E-state index in [0.717, 1.165) is 0 Å². The van der Waals surface area contributed by atoms with Gasteiger partial charge in [0.25, 0.3) is 5.91 Å². The van der Waals surface area contributed by atoms with Gasteiger partial charge in [-0.05, 0) is 54.6 Å². The van der Waals surface area contributed by atoms with E-state index in [1.807, 2.05) is 0 Å². The largest absolute Gasteiger partial charge is 0.478 e. The Balaban J connectivity index is 1.77. The van der Waals surface area contributed by atoms with Crippen LogP contribution < -0.4 is 15.6 Å². The minimum atomic E-state index is -1.04. The maximum atomic E-state index is 12.7. The Hall–Kier alpha value is -3.22. The predicted molar refractivity (Wildman–Crippen MR) is 109 cm³/mol. The zero-order valence-corrected chi connectivity index (χ0v) is 15.8. The van der Waals surface area contributed by atoms with Gasteiger partial charge in [0.05, 0.1) is 16.8 Å². The van der Waals surface area contributed by atoms with E-state index >= 15 is 0 Å². The van der Waals surface area contributed by atoms with Crippen molar-refractivity contribution in [3.8, 4) is 5.75 Å². The number of rotatable bonds is 6. The zero-order chi connectivity index (χ0) is 20.1. The summed E-state index contributed by atoms with van der Waals surface area (Å²) in [6.07, 6.45) is 0. The Morgan fingerprint density at radius 3 is 2.29 bits per heavy atom. The molecule has 0 spiro atoms. The van der Waals surface area contributed by atoms with Crippen molar-refractivity contribution in [3.63, 3.8) is 0 Å². The van der Waals surface area contributed by atoms with Crippen LogP contribution in [0.15, 0.2) is 66.7 Å². The van der Waals surface area contributed by atoms with Gasteiger partial charge in [0, 0.05) is 21.8 Å². The smallest absolute Gasteiger partial charge is 0.335 e. The van der Waals surface area contributed by atoms with Crippen molar-refractivity contribution in [3.05, 3.63) is 87.9 Å². The summed E-state index contributed by atoms with van der Waals surface area (Å²) in [4.78, 5) is 29.1. The summed E-state index contributed by atoms with van der Waals surface area (Å²) in [6.45, 7) is 0. The molecule has 28 heavy (non-hydrogen) atoms. The van der Waals surface area contributed by atoms with Crippen LogP contribution in [0.1, 0.15) is 20.7 Å². The first-order valence-corrected chi connectivity index (χ1v) is 8.80. The fraction of sp³-hybridized carbons (Fsp3) is 0. The van der Waals surface area contributed by atoms with E-state index in [1.54, 1.807) is 36.4 Å². The molecule has 3 aromatic rings. The van der Waals surface area contributed by atoms with E-state index in [9.17, 15) is 9.59 Å². The molecule has 0 bridgehead atoms. The van der Waals surface area contributed by atoms with Gasteiger partial charge in [-0.1, -0.05) is 29.3 Å². The SMILES string of the molecule is O=C(O)c1ccc(NC(=O)c2cc(Cl)ccc2NOc2cccc(Cl)c2)cc1. The zero-order valence-electron chi connectivity index (χ0n) is 14.3. The minimum absolute atomic E-state index is 0.123. The monoisotopic (exact) mass is 416 g/mol. The predicted octanol–water partition coefficient (Wildman–Crippen LogP) is 5.35. The van der Waals surface area contributed by atoms with Crippen LogP contribution in [0.25, 0.3) is 0 Å². The van der Waals surface area contributed by atoms with E-state index in [1.165, 1.54) is 30.3 Å². The third-order valence-corrected chi connectivity index (χ3v) is 4.16. The molecule has 0 heterocycles. The van der Waals surface area contributed by atoms with Crippen LogP contribution in [0, 0.1) is 0 Å².